The summed E-state index contributed by atoms with van der Waals surface area (Å²) in [4.78, 5) is 12.0. The Morgan fingerprint density at radius 2 is 2.00 bits per heavy atom. The fourth-order valence-electron chi connectivity index (χ4n) is 2.87. The van der Waals surface area contributed by atoms with Crippen molar-refractivity contribution < 1.29 is 17.6 Å². The van der Waals surface area contributed by atoms with Gasteiger partial charge in [-0.2, -0.15) is 0 Å². The number of nitrogens with one attached hydrogen (secondary N) is 1. The Bertz CT molecular complexity index is 642. The van der Waals surface area contributed by atoms with E-state index >= 15 is 0 Å². The van der Waals surface area contributed by atoms with E-state index in [1.54, 1.807) is 0 Å². The van der Waals surface area contributed by atoms with E-state index in [1.165, 1.54) is 24.6 Å². The van der Waals surface area contributed by atoms with Gasteiger partial charge in [0.05, 0.1) is 11.9 Å². The summed E-state index contributed by atoms with van der Waals surface area (Å²) in [5.74, 6) is -0.676. The third-order valence-electron chi connectivity index (χ3n) is 4.01. The predicted molar refractivity (Wildman–Crippen MR) is 88.2 cm³/mol. The molecule has 2 rings (SSSR count). The maximum atomic E-state index is 13.3. The molecule has 128 valence electrons. The quantitative estimate of drug-likeness (QED) is 0.863. The minimum absolute atomic E-state index is 0.000833. The fourth-order valence-corrected chi connectivity index (χ4v) is 3.79. The number of amides is 1. The fraction of sp³-hybridized carbons (Fsp3) is 0.562. The molecule has 0 spiro atoms. The molecular weight excluding hydrogens is 319 g/mol. The van der Waals surface area contributed by atoms with Crippen molar-refractivity contribution in [3.63, 3.8) is 0 Å². The van der Waals surface area contributed by atoms with Crippen LogP contribution in [0.3, 0.4) is 0 Å². The summed E-state index contributed by atoms with van der Waals surface area (Å²) in [5, 5.41) is 2.95. The summed E-state index contributed by atoms with van der Waals surface area (Å²) in [7, 11) is -3.58. The van der Waals surface area contributed by atoms with Gasteiger partial charge < -0.3 is 5.32 Å². The van der Waals surface area contributed by atoms with E-state index in [-0.39, 0.29) is 30.6 Å². The minimum Gasteiger partial charge on any atom is -0.353 e. The second-order valence-corrected chi connectivity index (χ2v) is 7.87. The van der Waals surface area contributed by atoms with E-state index in [1.807, 2.05) is 0 Å². The summed E-state index contributed by atoms with van der Waals surface area (Å²) in [6.07, 6.45) is 6.50. The van der Waals surface area contributed by atoms with Crippen LogP contribution >= 0.6 is 0 Å². The number of benzene rings is 1. The molecule has 1 N–H and O–H groups in total. The lowest BCUT2D eigenvalue weighted by atomic mass is 9.95. The second kappa shape index (κ2) is 7.77. The van der Waals surface area contributed by atoms with Crippen LogP contribution in [0.15, 0.2) is 24.3 Å². The van der Waals surface area contributed by atoms with Gasteiger partial charge in [0.2, 0.25) is 15.9 Å². The number of halogens is 1. The highest BCUT2D eigenvalue weighted by Crippen LogP contribution is 2.20. The van der Waals surface area contributed by atoms with Crippen LogP contribution in [0.25, 0.3) is 0 Å². The maximum absolute atomic E-state index is 13.3. The highest BCUT2D eigenvalue weighted by molar-refractivity contribution is 7.92. The smallest absolute Gasteiger partial charge is 0.232 e. The van der Waals surface area contributed by atoms with Crippen molar-refractivity contribution in [2.24, 2.45) is 0 Å². The van der Waals surface area contributed by atoms with Crippen LogP contribution in [0.5, 0.6) is 0 Å². The van der Waals surface area contributed by atoms with Crippen LogP contribution in [0, 0.1) is 5.82 Å². The van der Waals surface area contributed by atoms with Gasteiger partial charge in [-0.05, 0) is 31.0 Å². The van der Waals surface area contributed by atoms with Gasteiger partial charge in [0.1, 0.15) is 5.82 Å². The largest absolute Gasteiger partial charge is 0.353 e. The molecule has 0 unspecified atom stereocenters. The van der Waals surface area contributed by atoms with Crippen molar-refractivity contribution in [3.05, 3.63) is 30.1 Å². The number of carbonyl (C=O) groups excluding carboxylic acids is 1. The Kier molecular flexibility index (Phi) is 5.98. The van der Waals surface area contributed by atoms with Crippen LogP contribution < -0.4 is 9.62 Å². The molecule has 1 aromatic carbocycles. The van der Waals surface area contributed by atoms with Crippen molar-refractivity contribution in [1.29, 1.82) is 0 Å². The standard InChI is InChI=1S/C16H23FN2O3S/c1-23(21,22)19(15-9-5-6-13(17)12-15)11-10-16(20)18-14-7-3-2-4-8-14/h5-6,9,12,14H,2-4,7-8,10-11H2,1H3,(H,18,20). The van der Waals surface area contributed by atoms with Crippen molar-refractivity contribution in [3.8, 4) is 0 Å². The van der Waals surface area contributed by atoms with E-state index in [9.17, 15) is 17.6 Å². The summed E-state index contributed by atoms with van der Waals surface area (Å²) in [6.45, 7) is 0.000833. The number of anilines is 1. The molecule has 1 fully saturated rings. The Morgan fingerprint density at radius 1 is 1.30 bits per heavy atom. The van der Waals surface area contributed by atoms with Crippen molar-refractivity contribution in [2.45, 2.75) is 44.6 Å². The van der Waals surface area contributed by atoms with Gasteiger partial charge in [0, 0.05) is 19.0 Å². The van der Waals surface area contributed by atoms with Crippen molar-refractivity contribution >= 4 is 21.6 Å². The first kappa shape index (κ1) is 17.7. The zero-order valence-electron chi connectivity index (χ0n) is 13.3. The molecule has 1 aliphatic rings. The number of sulfonamides is 1. The van der Waals surface area contributed by atoms with Crippen LogP contribution in [-0.2, 0) is 14.8 Å². The van der Waals surface area contributed by atoms with Gasteiger partial charge in [0.25, 0.3) is 0 Å². The average Bonchev–Trinajstić information content (AvgIpc) is 2.47. The molecule has 0 aromatic heterocycles. The topological polar surface area (TPSA) is 66.5 Å². The van der Waals surface area contributed by atoms with Gasteiger partial charge >= 0.3 is 0 Å². The third-order valence-corrected chi connectivity index (χ3v) is 5.20. The first-order valence-electron chi connectivity index (χ1n) is 7.89. The van der Waals surface area contributed by atoms with Crippen LogP contribution in [0.2, 0.25) is 0 Å². The van der Waals surface area contributed by atoms with E-state index in [0.29, 0.717) is 0 Å². The Hall–Kier alpha value is -1.63. The molecule has 0 aliphatic heterocycles. The molecule has 1 saturated carbocycles. The number of nitrogens with zero attached hydrogens (tertiary/aromatic N) is 1. The lowest BCUT2D eigenvalue weighted by Gasteiger charge is -2.25. The Labute approximate surface area is 136 Å². The molecule has 0 bridgehead atoms. The molecule has 7 heteroatoms. The second-order valence-electron chi connectivity index (χ2n) is 5.97. The number of hydrogen-bond donors (Lipinski definition) is 1. The average molecular weight is 342 g/mol. The monoisotopic (exact) mass is 342 g/mol. The maximum Gasteiger partial charge on any atom is 0.232 e. The summed E-state index contributed by atoms with van der Waals surface area (Å²) < 4.78 is 38.2. The summed E-state index contributed by atoms with van der Waals surface area (Å²) >= 11 is 0. The lowest BCUT2D eigenvalue weighted by molar-refractivity contribution is -0.121. The summed E-state index contributed by atoms with van der Waals surface area (Å²) in [6, 6.07) is 5.56. The van der Waals surface area contributed by atoms with Crippen LogP contribution in [0.4, 0.5) is 10.1 Å². The number of hydrogen-bond acceptors (Lipinski definition) is 3. The van der Waals surface area contributed by atoms with Crippen LogP contribution in [-0.4, -0.2) is 33.2 Å². The Balaban J connectivity index is 1.97. The van der Waals surface area contributed by atoms with Gasteiger partial charge in [-0.3, -0.25) is 9.10 Å². The molecular formula is C16H23FN2O3S. The van der Waals surface area contributed by atoms with E-state index < -0.39 is 15.8 Å². The number of carbonyl (C=O) groups is 1. The minimum atomic E-state index is -3.58. The highest BCUT2D eigenvalue weighted by Gasteiger charge is 2.20. The van der Waals surface area contributed by atoms with Gasteiger partial charge in [-0.25, -0.2) is 12.8 Å². The SMILES string of the molecule is CS(=O)(=O)N(CCC(=O)NC1CCCCC1)c1cccc(F)c1. The molecule has 0 atom stereocenters. The van der Waals surface area contributed by atoms with E-state index in [4.69, 9.17) is 0 Å². The molecule has 1 aliphatic carbocycles. The zero-order valence-corrected chi connectivity index (χ0v) is 14.1. The molecule has 5 nitrogen and oxygen atoms in total. The third kappa shape index (κ3) is 5.49. The first-order chi connectivity index (χ1) is 10.9. The van der Waals surface area contributed by atoms with E-state index in [2.05, 4.69) is 5.32 Å². The molecule has 0 heterocycles. The summed E-state index contributed by atoms with van der Waals surface area (Å²) in [5.41, 5.74) is 0.234. The highest BCUT2D eigenvalue weighted by atomic mass is 32.2. The van der Waals surface area contributed by atoms with Crippen LogP contribution in [0.1, 0.15) is 38.5 Å². The van der Waals surface area contributed by atoms with Crippen molar-refractivity contribution in [1.82, 2.24) is 5.32 Å². The van der Waals surface area contributed by atoms with Gasteiger partial charge in [-0.15, -0.1) is 0 Å². The van der Waals surface area contributed by atoms with Gasteiger partial charge in [-0.1, -0.05) is 25.3 Å². The zero-order chi connectivity index (χ0) is 16.9. The first-order valence-corrected chi connectivity index (χ1v) is 9.74. The molecule has 23 heavy (non-hydrogen) atoms. The predicted octanol–water partition coefficient (Wildman–Crippen LogP) is 2.43. The Morgan fingerprint density at radius 3 is 2.61 bits per heavy atom. The van der Waals surface area contributed by atoms with Gasteiger partial charge in [0.15, 0.2) is 0 Å². The normalized spacial score (nSPS) is 16.1. The molecule has 1 amide bonds. The molecule has 1 aromatic rings. The van der Waals surface area contributed by atoms with Crippen molar-refractivity contribution in [2.75, 3.05) is 17.1 Å². The lowest BCUT2D eigenvalue weighted by Crippen LogP contribution is -2.39. The van der Waals surface area contributed by atoms with E-state index in [0.717, 1.165) is 42.3 Å². The molecule has 0 radical (unpaired) electrons. The number of rotatable bonds is 6. The molecule has 0 saturated heterocycles.